The highest BCUT2D eigenvalue weighted by molar-refractivity contribution is 7.17. The van der Waals surface area contributed by atoms with Crippen molar-refractivity contribution in [3.8, 4) is 16.2 Å². The zero-order valence-corrected chi connectivity index (χ0v) is 16.8. The maximum atomic E-state index is 12.9. The summed E-state index contributed by atoms with van der Waals surface area (Å²) in [7, 11) is 0. The minimum Gasteiger partial charge on any atom is -0.488 e. The summed E-state index contributed by atoms with van der Waals surface area (Å²) in [4.78, 5) is 39.6. The molecule has 1 saturated heterocycles. The average molecular weight is 411 g/mol. The van der Waals surface area contributed by atoms with Crippen LogP contribution in [0.25, 0.3) is 10.4 Å². The number of nitrogens with one attached hydrogen (secondary N) is 2. The van der Waals surface area contributed by atoms with Crippen molar-refractivity contribution in [2.45, 2.75) is 44.8 Å². The zero-order valence-electron chi connectivity index (χ0n) is 16.0. The highest BCUT2D eigenvalue weighted by Gasteiger charge is 2.53. The number of hydrogen-bond donors (Lipinski definition) is 2. The number of ether oxygens (including phenoxy) is 1. The molecule has 0 unspecified atom stereocenters. The number of para-hydroxylation sites is 1. The monoisotopic (exact) mass is 411 g/mol. The highest BCUT2D eigenvalue weighted by Crippen LogP contribution is 2.42. The van der Waals surface area contributed by atoms with Crippen LogP contribution in [-0.4, -0.2) is 28.4 Å². The fourth-order valence-electron chi connectivity index (χ4n) is 4.28. The van der Waals surface area contributed by atoms with Gasteiger partial charge in [-0.2, -0.15) is 5.01 Å². The van der Waals surface area contributed by atoms with Crippen LogP contribution in [0.5, 0.6) is 5.75 Å². The number of hydrazine groups is 1. The third-order valence-corrected chi connectivity index (χ3v) is 7.26. The normalized spacial score (nSPS) is 25.3. The van der Waals surface area contributed by atoms with Crippen LogP contribution in [0, 0.1) is 5.92 Å². The third-order valence-electron chi connectivity index (χ3n) is 6.05. The number of benzene rings is 1. The molecular formula is C21H21N3O4S. The summed E-state index contributed by atoms with van der Waals surface area (Å²) in [5, 5.41) is 3.66. The van der Waals surface area contributed by atoms with E-state index in [4.69, 9.17) is 4.74 Å². The number of fused-ring (bicyclic) bond motifs is 3. The van der Waals surface area contributed by atoms with Crippen molar-refractivity contribution >= 4 is 29.2 Å². The van der Waals surface area contributed by atoms with Crippen LogP contribution in [0.4, 0.5) is 4.79 Å². The van der Waals surface area contributed by atoms with Crippen LogP contribution < -0.4 is 15.5 Å². The van der Waals surface area contributed by atoms with Gasteiger partial charge in [0, 0.05) is 16.0 Å². The second-order valence-electron chi connectivity index (χ2n) is 8.03. The first kappa shape index (κ1) is 18.2. The molecule has 8 heteroatoms. The number of carbonyl (C=O) groups is 3. The first-order valence-electron chi connectivity index (χ1n) is 9.79. The Labute approximate surface area is 172 Å². The molecule has 29 heavy (non-hydrogen) atoms. The molecule has 150 valence electrons. The fraction of sp³-hybridized carbons (Fsp3) is 0.381. The summed E-state index contributed by atoms with van der Waals surface area (Å²) >= 11 is 1.34. The molecule has 2 aliphatic heterocycles. The predicted octanol–water partition coefficient (Wildman–Crippen LogP) is 3.45. The first-order chi connectivity index (χ1) is 14.0. The Hall–Kier alpha value is -2.87. The van der Waals surface area contributed by atoms with Crippen LogP contribution in [0.3, 0.4) is 0 Å². The van der Waals surface area contributed by atoms with Crippen LogP contribution >= 0.6 is 11.3 Å². The van der Waals surface area contributed by atoms with Crippen molar-refractivity contribution < 1.29 is 19.1 Å². The molecule has 1 saturated carbocycles. The molecular weight excluding hydrogens is 390 g/mol. The van der Waals surface area contributed by atoms with Crippen molar-refractivity contribution in [3.63, 3.8) is 0 Å². The van der Waals surface area contributed by atoms with Gasteiger partial charge in [0.1, 0.15) is 17.9 Å². The van der Waals surface area contributed by atoms with Crippen LogP contribution in [-0.2, 0) is 11.4 Å². The number of amides is 4. The average Bonchev–Trinajstić information content (AvgIpc) is 3.26. The second kappa shape index (κ2) is 6.59. The molecule has 3 aliphatic rings. The van der Waals surface area contributed by atoms with Gasteiger partial charge in [0.25, 0.3) is 11.8 Å². The van der Waals surface area contributed by atoms with E-state index in [1.807, 2.05) is 24.3 Å². The number of hydrogen-bond acceptors (Lipinski definition) is 5. The van der Waals surface area contributed by atoms with Crippen molar-refractivity contribution in [1.82, 2.24) is 15.8 Å². The van der Waals surface area contributed by atoms with E-state index >= 15 is 0 Å². The summed E-state index contributed by atoms with van der Waals surface area (Å²) in [6, 6.07) is 8.89. The van der Waals surface area contributed by atoms with E-state index in [1.54, 1.807) is 6.07 Å². The Bertz CT molecular complexity index is 1020. The van der Waals surface area contributed by atoms with E-state index in [-0.39, 0.29) is 5.91 Å². The van der Waals surface area contributed by atoms with Gasteiger partial charge >= 0.3 is 6.03 Å². The number of carbonyl (C=O) groups excluding carboxylic acids is 3. The fourth-order valence-corrected chi connectivity index (χ4v) is 5.37. The Kier molecular flexibility index (Phi) is 4.13. The number of thiophene rings is 1. The quantitative estimate of drug-likeness (QED) is 0.741. The van der Waals surface area contributed by atoms with E-state index in [9.17, 15) is 14.4 Å². The van der Waals surface area contributed by atoms with Gasteiger partial charge in [-0.3, -0.25) is 15.0 Å². The van der Waals surface area contributed by atoms with Gasteiger partial charge in [-0.25, -0.2) is 4.79 Å². The van der Waals surface area contributed by atoms with E-state index in [0.717, 1.165) is 39.6 Å². The molecule has 1 aromatic carbocycles. The summed E-state index contributed by atoms with van der Waals surface area (Å²) in [5.74, 6) is 0.497. The van der Waals surface area contributed by atoms with Gasteiger partial charge in [-0.1, -0.05) is 19.1 Å². The molecule has 2 fully saturated rings. The molecule has 0 atom stereocenters. The van der Waals surface area contributed by atoms with E-state index in [2.05, 4.69) is 17.7 Å². The maximum absolute atomic E-state index is 12.9. The number of urea groups is 1. The van der Waals surface area contributed by atoms with Gasteiger partial charge in [0.2, 0.25) is 0 Å². The molecule has 0 radical (unpaired) electrons. The van der Waals surface area contributed by atoms with Crippen LogP contribution in [0.1, 0.15) is 47.8 Å². The van der Waals surface area contributed by atoms with Crippen molar-refractivity contribution in [2.24, 2.45) is 5.92 Å². The molecule has 2 aromatic rings. The predicted molar refractivity (Wildman–Crippen MR) is 107 cm³/mol. The lowest BCUT2D eigenvalue weighted by Crippen LogP contribution is -2.51. The summed E-state index contributed by atoms with van der Waals surface area (Å²) < 4.78 is 5.74. The number of nitrogens with zero attached hydrogens (tertiary/aromatic N) is 1. The van der Waals surface area contributed by atoms with Crippen molar-refractivity contribution in [2.75, 3.05) is 0 Å². The second-order valence-corrected chi connectivity index (χ2v) is 9.08. The molecule has 7 nitrogen and oxygen atoms in total. The van der Waals surface area contributed by atoms with Gasteiger partial charge < -0.3 is 10.1 Å². The lowest BCUT2D eigenvalue weighted by atomic mass is 9.77. The molecule has 4 amide bonds. The topological polar surface area (TPSA) is 87.7 Å². The van der Waals surface area contributed by atoms with Crippen LogP contribution in [0.2, 0.25) is 0 Å². The Morgan fingerprint density at radius 2 is 2.03 bits per heavy atom. The van der Waals surface area contributed by atoms with Crippen LogP contribution in [0.15, 0.2) is 30.3 Å². The largest absolute Gasteiger partial charge is 0.488 e. The maximum Gasteiger partial charge on any atom is 0.344 e. The van der Waals surface area contributed by atoms with E-state index in [1.165, 1.54) is 11.3 Å². The molecule has 1 spiro atoms. The molecule has 0 bridgehead atoms. The summed E-state index contributed by atoms with van der Waals surface area (Å²) in [5.41, 5.74) is 3.51. The van der Waals surface area contributed by atoms with E-state index in [0.29, 0.717) is 30.2 Å². The summed E-state index contributed by atoms with van der Waals surface area (Å²) in [6.07, 6.45) is 2.97. The minimum atomic E-state index is -0.877. The van der Waals surface area contributed by atoms with Gasteiger partial charge in [0.15, 0.2) is 0 Å². The Balaban J connectivity index is 1.36. The molecule has 1 aromatic heterocycles. The minimum absolute atomic E-state index is 0.363. The van der Waals surface area contributed by atoms with E-state index < -0.39 is 17.5 Å². The standard InChI is InChI=1S/C21H21N3O4S/c1-12-6-8-21(9-7-12)19(26)24(20(27)22-21)23-18(25)16-10-13-11-28-15-5-3-2-4-14(15)17(13)29-16/h2-5,10,12H,6-9,11H2,1H3,(H,22,27)(H,23,25). The number of rotatable bonds is 2. The van der Waals surface area contributed by atoms with Crippen molar-refractivity contribution in [3.05, 3.63) is 40.8 Å². The highest BCUT2D eigenvalue weighted by atomic mass is 32.1. The van der Waals surface area contributed by atoms with Gasteiger partial charge in [-0.15, -0.1) is 11.3 Å². The Morgan fingerprint density at radius 3 is 2.83 bits per heavy atom. The lowest BCUT2D eigenvalue weighted by Gasteiger charge is -2.33. The molecule has 1 aliphatic carbocycles. The third kappa shape index (κ3) is 2.90. The van der Waals surface area contributed by atoms with Crippen molar-refractivity contribution in [1.29, 1.82) is 0 Å². The first-order valence-corrected chi connectivity index (χ1v) is 10.6. The molecule has 5 rings (SSSR count). The molecule has 3 heterocycles. The van der Waals surface area contributed by atoms with Gasteiger partial charge in [-0.05, 0) is 49.8 Å². The Morgan fingerprint density at radius 1 is 1.28 bits per heavy atom. The number of imide groups is 1. The SMILES string of the molecule is CC1CCC2(CC1)NC(=O)N(NC(=O)c1cc3c(s1)-c1ccccc1OC3)C2=O. The molecule has 2 N–H and O–H groups in total. The van der Waals surface area contributed by atoms with Gasteiger partial charge in [0.05, 0.1) is 4.88 Å². The zero-order chi connectivity index (χ0) is 20.2. The lowest BCUT2D eigenvalue weighted by molar-refractivity contribution is -0.134. The summed E-state index contributed by atoms with van der Waals surface area (Å²) in [6.45, 7) is 2.54. The smallest absolute Gasteiger partial charge is 0.344 e.